The average Bonchev–Trinajstić information content (AvgIpc) is 3.89. The molecule has 0 bridgehead atoms. The number of aromatic nitrogens is 4. The van der Waals surface area contributed by atoms with Gasteiger partial charge in [0, 0.05) is 76.4 Å². The molecule has 11 aromatic rings. The van der Waals surface area contributed by atoms with Gasteiger partial charge in [-0.3, -0.25) is 4.98 Å². The summed E-state index contributed by atoms with van der Waals surface area (Å²) in [5.41, 5.74) is 7.74. The average molecular weight is 673 g/mol. The van der Waals surface area contributed by atoms with Crippen LogP contribution in [0.15, 0.2) is 155 Å². The van der Waals surface area contributed by atoms with Gasteiger partial charge in [0.25, 0.3) is 0 Å². The lowest BCUT2D eigenvalue weighted by Gasteiger charge is -2.09. The van der Waals surface area contributed by atoms with Crippen molar-refractivity contribution >= 4 is 75.4 Å². The Morgan fingerprint density at radius 1 is 0.412 bits per heavy atom. The minimum absolute atomic E-state index is 0.567. The lowest BCUT2D eigenvalue weighted by Crippen LogP contribution is -2.00. The number of fused-ring (bicyclic) bond motifs is 9. The molecule has 5 aromatic heterocycles. The molecule has 0 radical (unpaired) electrons. The molecule has 6 aromatic carbocycles. The summed E-state index contributed by atoms with van der Waals surface area (Å²) in [6.45, 7) is 0. The number of nitrogens with zero attached hydrogens (tertiary/aromatic N) is 4. The third-order valence-electron chi connectivity index (χ3n) is 9.64. The van der Waals surface area contributed by atoms with Gasteiger partial charge in [0.2, 0.25) is 0 Å². The van der Waals surface area contributed by atoms with Crippen molar-refractivity contribution in [2.75, 3.05) is 0 Å². The third-order valence-corrected chi connectivity index (χ3v) is 10.8. The number of pyridine rings is 1. The molecular formula is C44H24N4O2S. The normalized spacial score (nSPS) is 11.9. The van der Waals surface area contributed by atoms with Crippen molar-refractivity contribution in [1.29, 1.82) is 0 Å². The lowest BCUT2D eigenvalue weighted by atomic mass is 9.98. The second kappa shape index (κ2) is 10.9. The lowest BCUT2D eigenvalue weighted by molar-refractivity contribution is 0.668. The van der Waals surface area contributed by atoms with Gasteiger partial charge >= 0.3 is 0 Å². The first kappa shape index (κ1) is 28.2. The molecule has 0 saturated heterocycles. The van der Waals surface area contributed by atoms with Gasteiger partial charge in [0.15, 0.2) is 17.5 Å². The molecule has 0 aliphatic carbocycles. The van der Waals surface area contributed by atoms with Gasteiger partial charge in [-0.15, -0.1) is 11.3 Å². The zero-order chi connectivity index (χ0) is 33.5. The standard InChI is InChI=1S/C44H24N4O2S/c1-2-10-25(11-3-1)42-46-43(26-20-21-28-27-12-5-7-19-37(27)51-38(28)22-26)48-44(47-42)31-15-9-18-36-40(31)33-24-45-23-32(41(33)50-36)29-14-8-17-35-39(29)30-13-4-6-16-34(30)49-35/h1-24H. The van der Waals surface area contributed by atoms with Crippen LogP contribution in [0.5, 0.6) is 0 Å². The number of hydrogen-bond acceptors (Lipinski definition) is 7. The maximum Gasteiger partial charge on any atom is 0.164 e. The number of thiophene rings is 1. The van der Waals surface area contributed by atoms with E-state index in [1.807, 2.05) is 85.2 Å². The largest absolute Gasteiger partial charge is 0.456 e. The Bertz CT molecular complexity index is 3160. The van der Waals surface area contributed by atoms with Crippen LogP contribution in [0.2, 0.25) is 0 Å². The van der Waals surface area contributed by atoms with E-state index in [9.17, 15) is 0 Å². The number of hydrogen-bond donors (Lipinski definition) is 0. The number of para-hydroxylation sites is 1. The highest BCUT2D eigenvalue weighted by atomic mass is 32.1. The fourth-order valence-corrected chi connectivity index (χ4v) is 8.47. The molecule has 7 heteroatoms. The maximum absolute atomic E-state index is 6.70. The van der Waals surface area contributed by atoms with Crippen LogP contribution in [-0.4, -0.2) is 19.9 Å². The van der Waals surface area contributed by atoms with Gasteiger partial charge in [-0.2, -0.15) is 0 Å². The predicted molar refractivity (Wildman–Crippen MR) is 207 cm³/mol. The van der Waals surface area contributed by atoms with Crippen LogP contribution in [0.3, 0.4) is 0 Å². The Morgan fingerprint density at radius 3 is 1.96 bits per heavy atom. The molecule has 0 amide bonds. The van der Waals surface area contributed by atoms with E-state index in [2.05, 4.69) is 60.7 Å². The summed E-state index contributed by atoms with van der Waals surface area (Å²) >= 11 is 1.78. The minimum atomic E-state index is 0.567. The molecule has 0 aliphatic rings. The van der Waals surface area contributed by atoms with E-state index in [0.717, 1.165) is 71.7 Å². The van der Waals surface area contributed by atoms with Crippen molar-refractivity contribution in [2.24, 2.45) is 0 Å². The molecule has 0 fully saturated rings. The zero-order valence-electron chi connectivity index (χ0n) is 26.9. The van der Waals surface area contributed by atoms with Gasteiger partial charge in [0.05, 0.1) is 0 Å². The van der Waals surface area contributed by atoms with Crippen LogP contribution >= 0.6 is 11.3 Å². The van der Waals surface area contributed by atoms with E-state index in [4.69, 9.17) is 28.8 Å². The zero-order valence-corrected chi connectivity index (χ0v) is 27.7. The Labute approximate surface area is 294 Å². The van der Waals surface area contributed by atoms with Crippen LogP contribution < -0.4 is 0 Å². The molecule has 238 valence electrons. The van der Waals surface area contributed by atoms with Gasteiger partial charge in [-0.25, -0.2) is 15.0 Å². The molecule has 0 atom stereocenters. The summed E-state index contributed by atoms with van der Waals surface area (Å²) in [5.74, 6) is 1.78. The van der Waals surface area contributed by atoms with Crippen molar-refractivity contribution < 1.29 is 8.83 Å². The van der Waals surface area contributed by atoms with Crippen molar-refractivity contribution in [1.82, 2.24) is 19.9 Å². The monoisotopic (exact) mass is 672 g/mol. The Balaban J connectivity index is 1.14. The fourth-order valence-electron chi connectivity index (χ4n) is 7.32. The van der Waals surface area contributed by atoms with Crippen molar-refractivity contribution in [3.8, 4) is 45.3 Å². The van der Waals surface area contributed by atoms with E-state index in [1.165, 1.54) is 20.2 Å². The first-order valence-corrected chi connectivity index (χ1v) is 17.5. The topological polar surface area (TPSA) is 77.8 Å². The second-order valence-electron chi connectivity index (χ2n) is 12.6. The van der Waals surface area contributed by atoms with Crippen LogP contribution in [0, 0.1) is 0 Å². The van der Waals surface area contributed by atoms with Gasteiger partial charge in [-0.1, -0.05) is 103 Å². The van der Waals surface area contributed by atoms with Crippen molar-refractivity contribution in [2.45, 2.75) is 0 Å². The Kier molecular flexibility index (Phi) is 6.02. The van der Waals surface area contributed by atoms with E-state index < -0.39 is 0 Å². The summed E-state index contributed by atoms with van der Waals surface area (Å²) in [7, 11) is 0. The van der Waals surface area contributed by atoms with Gasteiger partial charge in [-0.05, 0) is 35.9 Å². The summed E-state index contributed by atoms with van der Waals surface area (Å²) in [6, 6.07) is 45.3. The number of benzene rings is 6. The summed E-state index contributed by atoms with van der Waals surface area (Å²) in [4.78, 5) is 20.0. The molecule has 0 unspecified atom stereocenters. The third kappa shape index (κ3) is 4.35. The van der Waals surface area contributed by atoms with Crippen LogP contribution in [0.4, 0.5) is 0 Å². The first-order chi connectivity index (χ1) is 25.3. The van der Waals surface area contributed by atoms with E-state index >= 15 is 0 Å². The molecule has 0 saturated carbocycles. The molecule has 0 aliphatic heterocycles. The molecule has 51 heavy (non-hydrogen) atoms. The van der Waals surface area contributed by atoms with Crippen LogP contribution in [0.25, 0.3) is 109 Å². The van der Waals surface area contributed by atoms with Gasteiger partial charge < -0.3 is 8.83 Å². The molecule has 11 rings (SSSR count). The Hall–Kier alpha value is -6.70. The van der Waals surface area contributed by atoms with E-state index in [1.54, 1.807) is 11.3 Å². The summed E-state index contributed by atoms with van der Waals surface area (Å²) in [6.07, 6.45) is 3.75. The highest BCUT2D eigenvalue weighted by Gasteiger charge is 2.22. The summed E-state index contributed by atoms with van der Waals surface area (Å²) < 4.78 is 15.4. The first-order valence-electron chi connectivity index (χ1n) is 16.7. The molecule has 6 nitrogen and oxygen atoms in total. The molecule has 5 heterocycles. The van der Waals surface area contributed by atoms with E-state index in [0.29, 0.717) is 17.5 Å². The second-order valence-corrected chi connectivity index (χ2v) is 13.7. The fraction of sp³-hybridized carbons (Fsp3) is 0. The van der Waals surface area contributed by atoms with Crippen LogP contribution in [0.1, 0.15) is 0 Å². The highest BCUT2D eigenvalue weighted by molar-refractivity contribution is 7.25. The molecule has 0 spiro atoms. The molecular weight excluding hydrogens is 649 g/mol. The minimum Gasteiger partial charge on any atom is -0.456 e. The number of rotatable bonds is 4. The number of furan rings is 2. The van der Waals surface area contributed by atoms with Crippen molar-refractivity contribution in [3.05, 3.63) is 146 Å². The van der Waals surface area contributed by atoms with Crippen molar-refractivity contribution in [3.63, 3.8) is 0 Å². The predicted octanol–water partition coefficient (Wildman–Crippen LogP) is 12.1. The van der Waals surface area contributed by atoms with Gasteiger partial charge in [0.1, 0.15) is 22.3 Å². The van der Waals surface area contributed by atoms with E-state index in [-0.39, 0.29) is 0 Å². The Morgan fingerprint density at radius 2 is 1.08 bits per heavy atom. The highest BCUT2D eigenvalue weighted by Crippen LogP contribution is 2.43. The SMILES string of the molecule is c1ccc(-c2nc(-c3ccc4c(c3)sc3ccccc34)nc(-c3cccc4oc5c(-c6cccc7oc8ccccc8c67)cncc5c34)n2)cc1. The maximum atomic E-state index is 6.70. The quantitative estimate of drug-likeness (QED) is 0.185. The summed E-state index contributed by atoms with van der Waals surface area (Å²) in [5, 5.41) is 6.37. The molecule has 0 N–H and O–H groups in total. The van der Waals surface area contributed by atoms with Crippen LogP contribution in [-0.2, 0) is 0 Å². The smallest absolute Gasteiger partial charge is 0.164 e.